The Morgan fingerprint density at radius 2 is 1.70 bits per heavy atom. The molecule has 1 N–H and O–H groups in total. The van der Waals surface area contributed by atoms with Gasteiger partial charge in [0.15, 0.2) is 11.5 Å². The molecule has 2 aromatic carbocycles. The Labute approximate surface area is 168 Å². The Hall–Kier alpha value is -3.88. The SMILES string of the molecule is CNC(=O)c1cccc(-c2nnc3ccc(-c4ccc(OC(F)(F)F)cc4)cn23)c1. The highest BCUT2D eigenvalue weighted by Crippen LogP contribution is 2.28. The van der Waals surface area contributed by atoms with Crippen LogP contribution in [0, 0.1) is 0 Å². The van der Waals surface area contributed by atoms with Gasteiger partial charge in [-0.05, 0) is 47.5 Å². The molecule has 6 nitrogen and oxygen atoms in total. The smallest absolute Gasteiger partial charge is 0.406 e. The molecule has 0 saturated carbocycles. The molecule has 0 aliphatic heterocycles. The van der Waals surface area contributed by atoms with Crippen LogP contribution in [-0.2, 0) is 0 Å². The summed E-state index contributed by atoms with van der Waals surface area (Å²) in [6.45, 7) is 0. The van der Waals surface area contributed by atoms with Crippen LogP contribution in [0.2, 0.25) is 0 Å². The second-order valence-corrected chi connectivity index (χ2v) is 6.40. The van der Waals surface area contributed by atoms with Crippen LogP contribution in [0.15, 0.2) is 66.9 Å². The number of nitrogens with one attached hydrogen (secondary N) is 1. The minimum Gasteiger partial charge on any atom is -0.406 e. The first kappa shape index (κ1) is 19.4. The number of nitrogens with zero attached hydrogens (tertiary/aromatic N) is 3. The van der Waals surface area contributed by atoms with Gasteiger partial charge in [-0.1, -0.05) is 24.3 Å². The van der Waals surface area contributed by atoms with Crippen LogP contribution >= 0.6 is 0 Å². The zero-order valence-electron chi connectivity index (χ0n) is 15.6. The maximum absolute atomic E-state index is 12.3. The lowest BCUT2D eigenvalue weighted by molar-refractivity contribution is -0.274. The van der Waals surface area contributed by atoms with E-state index in [1.165, 1.54) is 12.1 Å². The van der Waals surface area contributed by atoms with Crippen molar-refractivity contribution in [3.63, 3.8) is 0 Å². The average molecular weight is 412 g/mol. The van der Waals surface area contributed by atoms with Crippen LogP contribution in [0.5, 0.6) is 5.75 Å². The van der Waals surface area contributed by atoms with E-state index in [2.05, 4.69) is 20.3 Å². The van der Waals surface area contributed by atoms with Crippen LogP contribution in [0.1, 0.15) is 10.4 Å². The maximum Gasteiger partial charge on any atom is 0.573 e. The molecule has 0 unspecified atom stereocenters. The van der Waals surface area contributed by atoms with Gasteiger partial charge in [-0.25, -0.2) is 0 Å². The molecule has 0 fully saturated rings. The number of hydrogen-bond donors (Lipinski definition) is 1. The first-order valence-electron chi connectivity index (χ1n) is 8.87. The van der Waals surface area contributed by atoms with E-state index >= 15 is 0 Å². The summed E-state index contributed by atoms with van der Waals surface area (Å²) in [5.41, 5.74) is 3.24. The number of ether oxygens (including phenoxy) is 1. The van der Waals surface area contributed by atoms with E-state index in [1.54, 1.807) is 60.1 Å². The van der Waals surface area contributed by atoms with Crippen LogP contribution < -0.4 is 10.1 Å². The molecule has 0 spiro atoms. The highest BCUT2D eigenvalue weighted by Gasteiger charge is 2.30. The lowest BCUT2D eigenvalue weighted by atomic mass is 10.1. The summed E-state index contributed by atoms with van der Waals surface area (Å²) in [4.78, 5) is 11.9. The zero-order valence-corrected chi connectivity index (χ0v) is 15.6. The largest absolute Gasteiger partial charge is 0.573 e. The highest BCUT2D eigenvalue weighted by atomic mass is 19.4. The quantitative estimate of drug-likeness (QED) is 0.542. The van der Waals surface area contributed by atoms with E-state index in [0.717, 1.165) is 5.56 Å². The zero-order chi connectivity index (χ0) is 21.3. The van der Waals surface area contributed by atoms with Crippen LogP contribution in [-0.4, -0.2) is 33.9 Å². The van der Waals surface area contributed by atoms with Crippen molar-refractivity contribution in [1.82, 2.24) is 19.9 Å². The van der Waals surface area contributed by atoms with Crippen LogP contribution in [0.25, 0.3) is 28.2 Å². The van der Waals surface area contributed by atoms with Crippen molar-refractivity contribution in [3.8, 4) is 28.3 Å². The molecular weight excluding hydrogens is 397 g/mol. The number of benzene rings is 2. The van der Waals surface area contributed by atoms with Gasteiger partial charge in [0, 0.05) is 24.4 Å². The molecule has 0 aliphatic rings. The average Bonchev–Trinajstić information content (AvgIpc) is 3.16. The number of hydrogen-bond acceptors (Lipinski definition) is 4. The fourth-order valence-electron chi connectivity index (χ4n) is 3.05. The molecule has 4 aromatic rings. The van der Waals surface area contributed by atoms with Gasteiger partial charge in [0.05, 0.1) is 0 Å². The monoisotopic (exact) mass is 412 g/mol. The number of carbonyl (C=O) groups excluding carboxylic acids is 1. The normalized spacial score (nSPS) is 11.5. The van der Waals surface area contributed by atoms with Gasteiger partial charge >= 0.3 is 6.36 Å². The predicted molar refractivity (Wildman–Crippen MR) is 104 cm³/mol. The molecule has 0 bridgehead atoms. The van der Waals surface area contributed by atoms with Crippen molar-refractivity contribution in [2.45, 2.75) is 6.36 Å². The number of pyridine rings is 1. The fraction of sp³-hybridized carbons (Fsp3) is 0.0952. The third-order valence-corrected chi connectivity index (χ3v) is 4.43. The Balaban J connectivity index is 1.71. The van der Waals surface area contributed by atoms with Crippen molar-refractivity contribution in [2.24, 2.45) is 0 Å². The fourth-order valence-corrected chi connectivity index (χ4v) is 3.05. The summed E-state index contributed by atoms with van der Waals surface area (Å²) < 4.78 is 42.7. The number of carbonyl (C=O) groups is 1. The summed E-state index contributed by atoms with van der Waals surface area (Å²) >= 11 is 0. The van der Waals surface area contributed by atoms with Crippen molar-refractivity contribution in [3.05, 3.63) is 72.4 Å². The van der Waals surface area contributed by atoms with E-state index in [4.69, 9.17) is 0 Å². The lowest BCUT2D eigenvalue weighted by Crippen LogP contribution is -2.17. The second kappa shape index (κ2) is 7.51. The topological polar surface area (TPSA) is 68.5 Å². The van der Waals surface area contributed by atoms with Gasteiger partial charge in [-0.3, -0.25) is 9.20 Å². The number of aromatic nitrogens is 3. The Kier molecular flexibility index (Phi) is 4.86. The number of amides is 1. The van der Waals surface area contributed by atoms with Crippen LogP contribution in [0.3, 0.4) is 0 Å². The molecule has 4 rings (SSSR count). The molecule has 0 radical (unpaired) electrons. The van der Waals surface area contributed by atoms with E-state index < -0.39 is 6.36 Å². The molecule has 30 heavy (non-hydrogen) atoms. The van der Waals surface area contributed by atoms with Crippen molar-refractivity contribution < 1.29 is 22.7 Å². The van der Waals surface area contributed by atoms with E-state index in [1.807, 2.05) is 6.07 Å². The summed E-state index contributed by atoms with van der Waals surface area (Å²) in [6.07, 6.45) is -2.95. The van der Waals surface area contributed by atoms with E-state index in [-0.39, 0.29) is 11.7 Å². The third kappa shape index (κ3) is 3.95. The van der Waals surface area contributed by atoms with Gasteiger partial charge in [0.2, 0.25) is 0 Å². The number of alkyl halides is 3. The van der Waals surface area contributed by atoms with Gasteiger partial charge in [0.25, 0.3) is 5.91 Å². The third-order valence-electron chi connectivity index (χ3n) is 4.43. The summed E-state index contributed by atoms with van der Waals surface area (Å²) in [7, 11) is 1.55. The van der Waals surface area contributed by atoms with E-state index in [0.29, 0.717) is 28.2 Å². The molecule has 152 valence electrons. The Morgan fingerprint density at radius 3 is 2.40 bits per heavy atom. The number of halogens is 3. The molecule has 2 heterocycles. The minimum absolute atomic E-state index is 0.215. The first-order chi connectivity index (χ1) is 14.3. The van der Waals surface area contributed by atoms with Gasteiger partial charge in [-0.15, -0.1) is 23.4 Å². The maximum atomic E-state index is 12.3. The molecule has 1 amide bonds. The standard InChI is InChI=1S/C21H15F3N4O2/c1-25-20(29)15-4-2-3-14(11-15)19-27-26-18-10-7-16(12-28(18)19)13-5-8-17(9-6-13)30-21(22,23)24/h2-12H,1H3,(H,25,29). The minimum atomic E-state index is -4.74. The van der Waals surface area contributed by atoms with Gasteiger partial charge in [0.1, 0.15) is 5.75 Å². The summed E-state index contributed by atoms with van der Waals surface area (Å²) in [5.74, 6) is 0.0329. The van der Waals surface area contributed by atoms with E-state index in [9.17, 15) is 18.0 Å². The van der Waals surface area contributed by atoms with Gasteiger partial charge < -0.3 is 10.1 Å². The number of rotatable bonds is 4. The van der Waals surface area contributed by atoms with Crippen molar-refractivity contribution in [1.29, 1.82) is 0 Å². The molecular formula is C21H15F3N4O2. The molecule has 0 aliphatic carbocycles. The van der Waals surface area contributed by atoms with Crippen molar-refractivity contribution >= 4 is 11.6 Å². The second-order valence-electron chi connectivity index (χ2n) is 6.40. The number of fused-ring (bicyclic) bond motifs is 1. The Morgan fingerprint density at radius 1 is 0.967 bits per heavy atom. The Bertz CT molecular complexity index is 1220. The van der Waals surface area contributed by atoms with Crippen LogP contribution in [0.4, 0.5) is 13.2 Å². The first-order valence-corrected chi connectivity index (χ1v) is 8.87. The molecule has 0 atom stereocenters. The lowest BCUT2D eigenvalue weighted by Gasteiger charge is -2.10. The van der Waals surface area contributed by atoms with Gasteiger partial charge in [-0.2, -0.15) is 0 Å². The molecule has 2 aromatic heterocycles. The van der Waals surface area contributed by atoms with Crippen molar-refractivity contribution in [2.75, 3.05) is 7.05 Å². The highest BCUT2D eigenvalue weighted by molar-refractivity contribution is 5.95. The summed E-state index contributed by atoms with van der Waals surface area (Å²) in [6, 6.07) is 16.1. The molecule has 9 heteroatoms. The molecule has 0 saturated heterocycles. The predicted octanol–water partition coefficient (Wildman–Crippen LogP) is 4.32. The summed E-state index contributed by atoms with van der Waals surface area (Å²) in [5, 5.41) is 10.9.